The summed E-state index contributed by atoms with van der Waals surface area (Å²) in [5, 5.41) is 4.00. The van der Waals surface area contributed by atoms with Crippen molar-refractivity contribution in [1.82, 2.24) is 0 Å². The molecule has 1 N–H and O–H groups in total. The summed E-state index contributed by atoms with van der Waals surface area (Å²) in [6.07, 6.45) is 0. The largest absolute Gasteiger partial charge is 0.495 e. The van der Waals surface area contributed by atoms with Gasteiger partial charge in [-0.2, -0.15) is 0 Å². The van der Waals surface area contributed by atoms with Gasteiger partial charge in [0.15, 0.2) is 0 Å². The number of nitrogens with one attached hydrogen (secondary N) is 1. The first-order valence-electron chi connectivity index (χ1n) is 6.63. The van der Waals surface area contributed by atoms with E-state index in [4.69, 9.17) is 27.9 Å². The average molecular weight is 354 g/mol. The number of carbonyl (C=O) groups excluding carboxylic acids is 1. The minimum absolute atomic E-state index is 0.0323. The lowest BCUT2D eigenvalue weighted by atomic mass is 10.0. The molecular formula is C16H13Cl2NO2S. The van der Waals surface area contributed by atoms with E-state index in [9.17, 15) is 4.79 Å². The number of fused-ring (bicyclic) bond motifs is 1. The lowest BCUT2D eigenvalue weighted by Crippen LogP contribution is -2.12. The second kappa shape index (κ2) is 6.41. The first kappa shape index (κ1) is 15.5. The second-order valence-electron chi connectivity index (χ2n) is 4.83. The van der Waals surface area contributed by atoms with Crippen LogP contribution in [0, 0.1) is 0 Å². The number of hydrogen-bond donors (Lipinski definition) is 1. The van der Waals surface area contributed by atoms with Crippen LogP contribution in [-0.2, 0) is 4.79 Å². The minimum Gasteiger partial charge on any atom is -0.495 e. The molecule has 0 radical (unpaired) electrons. The van der Waals surface area contributed by atoms with Gasteiger partial charge in [-0.1, -0.05) is 35.3 Å². The molecule has 0 spiro atoms. The van der Waals surface area contributed by atoms with E-state index in [-0.39, 0.29) is 11.2 Å². The molecule has 1 atom stereocenters. The molecule has 1 amide bonds. The van der Waals surface area contributed by atoms with Gasteiger partial charge in [-0.3, -0.25) is 4.79 Å². The van der Waals surface area contributed by atoms with E-state index in [1.54, 1.807) is 13.2 Å². The van der Waals surface area contributed by atoms with E-state index in [1.807, 2.05) is 30.3 Å². The lowest BCUT2D eigenvalue weighted by Gasteiger charge is -2.19. The summed E-state index contributed by atoms with van der Waals surface area (Å²) in [4.78, 5) is 11.9. The average Bonchev–Trinajstić information content (AvgIpc) is 2.66. The fourth-order valence-corrected chi connectivity index (χ4v) is 4.14. The Hall–Kier alpha value is -1.36. The molecular weight excluding hydrogens is 341 g/mol. The quantitative estimate of drug-likeness (QED) is 0.844. The molecule has 1 aliphatic rings. The Balaban J connectivity index is 2.15. The Bertz CT molecular complexity index is 736. The van der Waals surface area contributed by atoms with Gasteiger partial charge in [0.25, 0.3) is 0 Å². The molecule has 6 heteroatoms. The third-order valence-electron chi connectivity index (χ3n) is 3.45. The summed E-state index contributed by atoms with van der Waals surface area (Å²) in [7, 11) is 1.58. The monoisotopic (exact) mass is 353 g/mol. The molecule has 0 bridgehead atoms. The Kier molecular flexibility index (Phi) is 4.52. The maximum atomic E-state index is 11.9. The fraction of sp³-hybridized carbons (Fsp3) is 0.188. The molecule has 1 heterocycles. The molecule has 3 nitrogen and oxygen atoms in total. The van der Waals surface area contributed by atoms with E-state index in [1.165, 1.54) is 11.8 Å². The third kappa shape index (κ3) is 2.91. The van der Waals surface area contributed by atoms with Crippen LogP contribution in [0.2, 0.25) is 10.0 Å². The van der Waals surface area contributed by atoms with Crippen LogP contribution in [0.4, 0.5) is 5.69 Å². The first-order chi connectivity index (χ1) is 10.6. The van der Waals surface area contributed by atoms with Crippen LogP contribution in [-0.4, -0.2) is 18.8 Å². The molecule has 22 heavy (non-hydrogen) atoms. The highest BCUT2D eigenvalue weighted by Crippen LogP contribution is 2.46. The fourth-order valence-electron chi connectivity index (χ4n) is 2.44. The number of halogens is 2. The Morgan fingerprint density at radius 3 is 2.82 bits per heavy atom. The maximum absolute atomic E-state index is 11.9. The number of rotatable bonds is 2. The van der Waals surface area contributed by atoms with Crippen molar-refractivity contribution in [3.05, 3.63) is 57.6 Å². The van der Waals surface area contributed by atoms with Gasteiger partial charge in [0.1, 0.15) is 5.75 Å². The van der Waals surface area contributed by atoms with Gasteiger partial charge in [0, 0.05) is 10.7 Å². The van der Waals surface area contributed by atoms with Crippen molar-refractivity contribution in [2.24, 2.45) is 0 Å². The summed E-state index contributed by atoms with van der Waals surface area (Å²) in [6.45, 7) is 0. The summed E-state index contributed by atoms with van der Waals surface area (Å²) in [5.74, 6) is 0.937. The lowest BCUT2D eigenvalue weighted by molar-refractivity contribution is -0.113. The van der Waals surface area contributed by atoms with Crippen LogP contribution in [0.1, 0.15) is 16.4 Å². The molecule has 0 fully saturated rings. The Morgan fingerprint density at radius 1 is 1.23 bits per heavy atom. The molecule has 0 saturated heterocycles. The van der Waals surface area contributed by atoms with E-state index >= 15 is 0 Å². The highest BCUT2D eigenvalue weighted by molar-refractivity contribution is 8.00. The van der Waals surface area contributed by atoms with Crippen molar-refractivity contribution < 1.29 is 9.53 Å². The maximum Gasteiger partial charge on any atom is 0.234 e. The van der Waals surface area contributed by atoms with Crippen molar-refractivity contribution in [3.63, 3.8) is 0 Å². The van der Waals surface area contributed by atoms with Gasteiger partial charge in [0.05, 0.1) is 23.1 Å². The number of methoxy groups -OCH3 is 1. The van der Waals surface area contributed by atoms with Crippen LogP contribution in [0.15, 0.2) is 36.4 Å². The first-order valence-corrected chi connectivity index (χ1v) is 8.44. The zero-order valence-electron chi connectivity index (χ0n) is 11.7. The Labute approximate surface area is 142 Å². The number of amides is 1. The molecule has 2 aromatic carbocycles. The van der Waals surface area contributed by atoms with E-state index in [2.05, 4.69) is 5.32 Å². The predicted molar refractivity (Wildman–Crippen MR) is 92.4 cm³/mol. The standard InChI is InChI=1S/C16H13Cl2NO2S/c1-21-13-4-2-3-10(15(13)18)16-11-7-9(17)5-6-12(11)19-14(20)8-22-16/h2-7,16H,8H2,1H3,(H,19,20)/t16-/m1/s1. The van der Waals surface area contributed by atoms with Crippen molar-refractivity contribution in [2.45, 2.75) is 5.25 Å². The van der Waals surface area contributed by atoms with Crippen molar-refractivity contribution in [1.29, 1.82) is 0 Å². The summed E-state index contributed by atoms with van der Waals surface area (Å²) >= 11 is 14.1. The van der Waals surface area contributed by atoms with Crippen LogP contribution >= 0.6 is 35.0 Å². The molecule has 114 valence electrons. The highest BCUT2D eigenvalue weighted by Gasteiger charge is 2.26. The summed E-state index contributed by atoms with van der Waals surface area (Å²) in [5.41, 5.74) is 2.62. The topological polar surface area (TPSA) is 38.3 Å². The smallest absolute Gasteiger partial charge is 0.234 e. The van der Waals surface area contributed by atoms with Crippen LogP contribution in [0.3, 0.4) is 0 Å². The van der Waals surface area contributed by atoms with Crippen molar-refractivity contribution >= 4 is 46.6 Å². The molecule has 0 unspecified atom stereocenters. The summed E-state index contributed by atoms with van der Waals surface area (Å²) < 4.78 is 5.29. The molecule has 1 aliphatic heterocycles. The second-order valence-corrected chi connectivity index (χ2v) is 6.74. The Morgan fingerprint density at radius 2 is 2.05 bits per heavy atom. The zero-order chi connectivity index (χ0) is 15.7. The van der Waals surface area contributed by atoms with Crippen LogP contribution in [0.25, 0.3) is 0 Å². The zero-order valence-corrected chi connectivity index (χ0v) is 14.1. The van der Waals surface area contributed by atoms with E-state index < -0.39 is 0 Å². The predicted octanol–water partition coefficient (Wildman–Crippen LogP) is 4.78. The van der Waals surface area contributed by atoms with Crippen molar-refractivity contribution in [3.8, 4) is 5.75 Å². The van der Waals surface area contributed by atoms with Crippen LogP contribution in [0.5, 0.6) is 5.75 Å². The molecule has 3 rings (SSSR count). The number of thioether (sulfide) groups is 1. The summed E-state index contributed by atoms with van der Waals surface area (Å²) in [6, 6.07) is 11.1. The molecule has 0 aliphatic carbocycles. The number of hydrogen-bond acceptors (Lipinski definition) is 3. The van der Waals surface area contributed by atoms with E-state index in [0.717, 1.165) is 16.8 Å². The molecule has 0 saturated carbocycles. The number of ether oxygens (including phenoxy) is 1. The van der Waals surface area contributed by atoms with Gasteiger partial charge in [0.2, 0.25) is 5.91 Å². The number of carbonyl (C=O) groups is 1. The SMILES string of the molecule is COc1cccc([C@H]2SCC(=O)Nc3ccc(Cl)cc32)c1Cl. The van der Waals surface area contributed by atoms with E-state index in [0.29, 0.717) is 21.5 Å². The van der Waals surface area contributed by atoms with Gasteiger partial charge in [-0.15, -0.1) is 11.8 Å². The highest BCUT2D eigenvalue weighted by atomic mass is 35.5. The van der Waals surface area contributed by atoms with Gasteiger partial charge in [-0.25, -0.2) is 0 Å². The molecule has 0 aromatic heterocycles. The van der Waals surface area contributed by atoms with Gasteiger partial charge >= 0.3 is 0 Å². The third-order valence-corrected chi connectivity index (χ3v) is 5.36. The number of anilines is 1. The normalized spacial score (nSPS) is 17.4. The molecule has 2 aromatic rings. The van der Waals surface area contributed by atoms with Gasteiger partial charge < -0.3 is 10.1 Å². The minimum atomic E-state index is -0.0877. The van der Waals surface area contributed by atoms with Crippen molar-refractivity contribution in [2.75, 3.05) is 18.2 Å². The van der Waals surface area contributed by atoms with Crippen LogP contribution < -0.4 is 10.1 Å². The number of benzene rings is 2. The van der Waals surface area contributed by atoms with Gasteiger partial charge in [-0.05, 0) is 35.4 Å².